The average molecular weight is 243 g/mol. The van der Waals surface area contributed by atoms with Gasteiger partial charge in [0.05, 0.1) is 5.33 Å². The first kappa shape index (κ1) is 10.3. The van der Waals surface area contributed by atoms with E-state index in [0.717, 1.165) is 11.3 Å². The van der Waals surface area contributed by atoms with E-state index in [1.165, 1.54) is 0 Å². The number of rotatable bonds is 4. The van der Waals surface area contributed by atoms with E-state index in [0.29, 0.717) is 5.33 Å². The van der Waals surface area contributed by atoms with Gasteiger partial charge in [0, 0.05) is 0 Å². The molecule has 0 aliphatic heterocycles. The van der Waals surface area contributed by atoms with Gasteiger partial charge >= 0.3 is 0 Å². The van der Waals surface area contributed by atoms with Crippen LogP contribution in [0.1, 0.15) is 5.56 Å². The zero-order valence-corrected chi connectivity index (χ0v) is 9.00. The standard InChI is InChI=1S/C10H11BrO2/c1-8-3-2-4-10(5-8)13-7-9(12)6-11/h2-5H,6-7H2,1H3. The Labute approximate surface area is 86.0 Å². The molecule has 0 aliphatic rings. The topological polar surface area (TPSA) is 26.3 Å². The third-order valence-electron chi connectivity index (χ3n) is 1.54. The Kier molecular flexibility index (Phi) is 3.96. The van der Waals surface area contributed by atoms with Gasteiger partial charge in [-0.15, -0.1) is 0 Å². The molecule has 0 saturated carbocycles. The number of halogens is 1. The van der Waals surface area contributed by atoms with Crippen molar-refractivity contribution in [3.63, 3.8) is 0 Å². The van der Waals surface area contributed by atoms with Crippen LogP contribution in [0.2, 0.25) is 0 Å². The quantitative estimate of drug-likeness (QED) is 0.758. The Balaban J connectivity index is 2.50. The lowest BCUT2D eigenvalue weighted by Crippen LogP contribution is -2.11. The van der Waals surface area contributed by atoms with E-state index in [4.69, 9.17) is 4.74 Å². The van der Waals surface area contributed by atoms with E-state index in [-0.39, 0.29) is 12.4 Å². The molecule has 0 aromatic heterocycles. The molecular weight excluding hydrogens is 232 g/mol. The minimum Gasteiger partial charge on any atom is -0.486 e. The molecule has 0 fully saturated rings. The van der Waals surface area contributed by atoms with Crippen molar-refractivity contribution in [3.05, 3.63) is 29.8 Å². The van der Waals surface area contributed by atoms with Gasteiger partial charge in [-0.25, -0.2) is 0 Å². The van der Waals surface area contributed by atoms with Crippen LogP contribution in [0.15, 0.2) is 24.3 Å². The van der Waals surface area contributed by atoms with Gasteiger partial charge in [0.2, 0.25) is 0 Å². The minimum atomic E-state index is 0.0431. The molecule has 0 spiro atoms. The molecule has 13 heavy (non-hydrogen) atoms. The first-order chi connectivity index (χ1) is 6.22. The van der Waals surface area contributed by atoms with E-state index in [9.17, 15) is 4.79 Å². The molecule has 0 heterocycles. The lowest BCUT2D eigenvalue weighted by Gasteiger charge is -2.04. The summed E-state index contributed by atoms with van der Waals surface area (Å²) < 4.78 is 5.26. The Bertz CT molecular complexity index is 297. The van der Waals surface area contributed by atoms with Crippen LogP contribution in [0.4, 0.5) is 0 Å². The zero-order valence-electron chi connectivity index (χ0n) is 7.42. The summed E-state index contributed by atoms with van der Waals surface area (Å²) in [4.78, 5) is 10.9. The van der Waals surface area contributed by atoms with Crippen molar-refractivity contribution in [2.75, 3.05) is 11.9 Å². The number of alkyl halides is 1. The summed E-state index contributed by atoms with van der Waals surface area (Å²) in [7, 11) is 0. The minimum absolute atomic E-state index is 0.0431. The number of benzene rings is 1. The van der Waals surface area contributed by atoms with E-state index in [1.54, 1.807) is 0 Å². The maximum Gasteiger partial charge on any atom is 0.180 e. The van der Waals surface area contributed by atoms with Crippen LogP contribution in [-0.4, -0.2) is 17.7 Å². The van der Waals surface area contributed by atoms with Crippen molar-refractivity contribution in [2.24, 2.45) is 0 Å². The number of aryl methyl sites for hydroxylation is 1. The van der Waals surface area contributed by atoms with E-state index < -0.39 is 0 Å². The lowest BCUT2D eigenvalue weighted by atomic mass is 10.2. The summed E-state index contributed by atoms with van der Waals surface area (Å²) in [5.41, 5.74) is 1.13. The van der Waals surface area contributed by atoms with Crippen LogP contribution in [0.3, 0.4) is 0 Å². The van der Waals surface area contributed by atoms with E-state index in [2.05, 4.69) is 15.9 Å². The van der Waals surface area contributed by atoms with Crippen molar-refractivity contribution < 1.29 is 9.53 Å². The second-order valence-electron chi connectivity index (χ2n) is 2.78. The number of hydrogen-bond donors (Lipinski definition) is 0. The van der Waals surface area contributed by atoms with Crippen molar-refractivity contribution in [1.29, 1.82) is 0 Å². The molecule has 0 amide bonds. The molecule has 1 aromatic rings. The summed E-state index contributed by atoms with van der Waals surface area (Å²) in [5, 5.41) is 0.346. The average Bonchev–Trinajstić information content (AvgIpc) is 2.14. The van der Waals surface area contributed by atoms with Crippen LogP contribution >= 0.6 is 15.9 Å². The zero-order chi connectivity index (χ0) is 9.68. The largest absolute Gasteiger partial charge is 0.486 e. The Morgan fingerprint density at radius 1 is 1.54 bits per heavy atom. The van der Waals surface area contributed by atoms with Crippen LogP contribution < -0.4 is 4.74 Å². The molecule has 2 nitrogen and oxygen atoms in total. The highest BCUT2D eigenvalue weighted by Gasteiger charge is 2.00. The second-order valence-corrected chi connectivity index (χ2v) is 3.34. The Morgan fingerprint density at radius 2 is 2.31 bits per heavy atom. The van der Waals surface area contributed by atoms with Gasteiger partial charge < -0.3 is 4.74 Å². The summed E-state index contributed by atoms with van der Waals surface area (Å²) in [5.74, 6) is 0.788. The first-order valence-corrected chi connectivity index (χ1v) is 5.11. The molecule has 1 rings (SSSR count). The number of hydrogen-bond acceptors (Lipinski definition) is 2. The van der Waals surface area contributed by atoms with Crippen LogP contribution in [0, 0.1) is 6.92 Å². The third-order valence-corrected chi connectivity index (χ3v) is 2.16. The number of ketones is 1. The Hall–Kier alpha value is -0.830. The molecule has 3 heteroatoms. The predicted molar refractivity (Wildman–Crippen MR) is 55.5 cm³/mol. The molecule has 1 aromatic carbocycles. The van der Waals surface area contributed by atoms with Gasteiger partial charge in [-0.2, -0.15) is 0 Å². The van der Waals surface area contributed by atoms with Gasteiger partial charge in [0.15, 0.2) is 5.78 Å². The predicted octanol–water partition coefficient (Wildman–Crippen LogP) is 2.34. The maximum atomic E-state index is 10.9. The van der Waals surface area contributed by atoms with Gasteiger partial charge in [0.1, 0.15) is 12.4 Å². The smallest absolute Gasteiger partial charge is 0.180 e. The van der Waals surface area contributed by atoms with E-state index in [1.807, 2.05) is 31.2 Å². The van der Waals surface area contributed by atoms with Gasteiger partial charge in [0.25, 0.3) is 0 Å². The molecule has 0 unspecified atom stereocenters. The van der Waals surface area contributed by atoms with Gasteiger partial charge in [-0.1, -0.05) is 28.1 Å². The molecular formula is C10H11BrO2. The van der Waals surface area contributed by atoms with E-state index >= 15 is 0 Å². The highest BCUT2D eigenvalue weighted by Crippen LogP contribution is 2.11. The van der Waals surface area contributed by atoms with Crippen molar-refractivity contribution in [2.45, 2.75) is 6.92 Å². The highest BCUT2D eigenvalue weighted by atomic mass is 79.9. The summed E-state index contributed by atoms with van der Waals surface area (Å²) in [6, 6.07) is 7.64. The molecule has 0 atom stereocenters. The Morgan fingerprint density at radius 3 is 2.92 bits per heavy atom. The van der Waals surface area contributed by atoms with Gasteiger partial charge in [-0.05, 0) is 24.6 Å². The lowest BCUT2D eigenvalue weighted by molar-refractivity contribution is -0.118. The second kappa shape index (κ2) is 5.02. The number of Topliss-reactive ketones (excluding diaryl/α,β-unsaturated/α-hetero) is 1. The fourth-order valence-electron chi connectivity index (χ4n) is 0.908. The fraction of sp³-hybridized carbons (Fsp3) is 0.300. The molecule has 0 aliphatic carbocycles. The number of ether oxygens (including phenoxy) is 1. The molecule has 0 bridgehead atoms. The number of carbonyl (C=O) groups excluding carboxylic acids is 1. The van der Waals surface area contributed by atoms with Crippen molar-refractivity contribution >= 4 is 21.7 Å². The molecule has 0 radical (unpaired) electrons. The van der Waals surface area contributed by atoms with Crippen molar-refractivity contribution in [1.82, 2.24) is 0 Å². The summed E-state index contributed by atoms with van der Waals surface area (Å²) in [6.07, 6.45) is 0. The maximum absolute atomic E-state index is 10.9. The molecule has 0 N–H and O–H groups in total. The normalized spacial score (nSPS) is 9.69. The molecule has 0 saturated heterocycles. The SMILES string of the molecule is Cc1cccc(OCC(=O)CBr)c1. The van der Waals surface area contributed by atoms with Crippen molar-refractivity contribution in [3.8, 4) is 5.75 Å². The molecule has 70 valence electrons. The highest BCUT2D eigenvalue weighted by molar-refractivity contribution is 9.09. The van der Waals surface area contributed by atoms with Gasteiger partial charge in [-0.3, -0.25) is 4.79 Å². The van der Waals surface area contributed by atoms with Crippen LogP contribution in [0.25, 0.3) is 0 Å². The summed E-state index contributed by atoms with van der Waals surface area (Å²) in [6.45, 7) is 2.12. The monoisotopic (exact) mass is 242 g/mol. The fourth-order valence-corrected chi connectivity index (χ4v) is 1.07. The third kappa shape index (κ3) is 3.59. The summed E-state index contributed by atoms with van der Waals surface area (Å²) >= 11 is 3.07. The number of carbonyl (C=O) groups is 1. The van der Waals surface area contributed by atoms with Crippen LogP contribution in [0.5, 0.6) is 5.75 Å². The van der Waals surface area contributed by atoms with Crippen LogP contribution in [-0.2, 0) is 4.79 Å². The first-order valence-electron chi connectivity index (χ1n) is 3.99.